The summed E-state index contributed by atoms with van der Waals surface area (Å²) in [5.41, 5.74) is 0. The SMILES string of the molecule is O=C(O)O.O=C([O-])[O-].[Bi+3].[Bi+3].[O-2].[O-2]. The predicted octanol–water partition coefficient (Wildman–Crippen LogP) is -3.22. The quantitative estimate of drug-likeness (QED) is 0.289. The van der Waals surface area contributed by atoms with Gasteiger partial charge in [-0.1, -0.05) is 0 Å². The summed E-state index contributed by atoms with van der Waals surface area (Å²) < 4.78 is 0. The first kappa shape index (κ1) is 39.7. The normalized spacial score (nSPS) is 4.00. The molecule has 2 N–H and O–H groups in total. The molecule has 0 aromatic heterocycles. The summed E-state index contributed by atoms with van der Waals surface area (Å²) in [5.74, 6) is 0. The number of carboxylic acid groups (broad SMARTS) is 4. The van der Waals surface area contributed by atoms with Crippen molar-refractivity contribution in [3.8, 4) is 0 Å². The maximum Gasteiger partial charge on any atom is 3.00 e. The van der Waals surface area contributed by atoms with Gasteiger partial charge in [-0.25, -0.2) is 4.79 Å². The first-order valence-corrected chi connectivity index (χ1v) is 1.26. The monoisotopic (exact) mass is 572 g/mol. The van der Waals surface area contributed by atoms with Gasteiger partial charge in [0.2, 0.25) is 0 Å². The molecule has 0 spiro atoms. The van der Waals surface area contributed by atoms with Crippen LogP contribution in [0.4, 0.5) is 9.59 Å². The molecule has 0 saturated carbocycles. The van der Waals surface area contributed by atoms with Gasteiger partial charge in [-0.2, -0.15) is 0 Å². The van der Waals surface area contributed by atoms with Gasteiger partial charge in [0.15, 0.2) is 0 Å². The molecule has 0 rings (SSSR count). The van der Waals surface area contributed by atoms with Crippen molar-refractivity contribution in [2.75, 3.05) is 0 Å². The summed E-state index contributed by atoms with van der Waals surface area (Å²) in [7, 11) is 0. The third-order valence-electron chi connectivity index (χ3n) is 0. The molecule has 0 aliphatic heterocycles. The molecule has 0 amide bonds. The van der Waals surface area contributed by atoms with Crippen molar-refractivity contribution in [3.63, 3.8) is 0 Å². The van der Waals surface area contributed by atoms with E-state index in [0.717, 1.165) is 0 Å². The molecule has 12 heavy (non-hydrogen) atoms. The second-order valence-electron chi connectivity index (χ2n) is 0.533. The standard InChI is InChI=1S/2CH2O3.2Bi.2O/c2*2-1(3)4;;;;/h2*(H2,2,3,4);;;;/q;;2*+3;2*-2/p-2. The van der Waals surface area contributed by atoms with Crippen LogP contribution >= 0.6 is 0 Å². The molecule has 0 aromatic carbocycles. The van der Waals surface area contributed by atoms with Crippen LogP contribution in [0.25, 0.3) is 0 Å². The van der Waals surface area contributed by atoms with Crippen molar-refractivity contribution in [2.45, 2.75) is 0 Å². The molecule has 0 fully saturated rings. The van der Waals surface area contributed by atoms with Crippen molar-refractivity contribution in [2.24, 2.45) is 0 Å². The number of rotatable bonds is 0. The first-order valence-electron chi connectivity index (χ1n) is 1.26. The van der Waals surface area contributed by atoms with E-state index in [1.54, 1.807) is 0 Å². The Hall–Kier alpha value is 0.226. The number of carbonyl (C=O) groups excluding carboxylic acids is 1. The number of hydrogen-bond donors (Lipinski definition) is 2. The Labute approximate surface area is 105 Å². The van der Waals surface area contributed by atoms with Gasteiger partial charge in [0.05, 0.1) is 0 Å². The fourth-order valence-electron chi connectivity index (χ4n) is 0. The van der Waals surface area contributed by atoms with E-state index < -0.39 is 12.3 Å². The predicted molar refractivity (Wildman–Crippen MR) is 28.9 cm³/mol. The van der Waals surface area contributed by atoms with Gasteiger partial charge in [-0.05, 0) is 6.16 Å². The summed E-state index contributed by atoms with van der Waals surface area (Å²) in [6.07, 6.45) is -4.17. The average molecular weight is 572 g/mol. The van der Waals surface area contributed by atoms with Crippen molar-refractivity contribution in [3.05, 3.63) is 0 Å². The van der Waals surface area contributed by atoms with Crippen LogP contribution in [0.3, 0.4) is 0 Å². The Balaban J connectivity index is -0.0000000112. The smallest absolute Gasteiger partial charge is 2.00 e. The summed E-state index contributed by atoms with van der Waals surface area (Å²) >= 11 is 0. The molecular weight excluding hydrogens is 570 g/mol. The van der Waals surface area contributed by atoms with Gasteiger partial charge in [0.1, 0.15) is 0 Å². The van der Waals surface area contributed by atoms with Crippen LogP contribution in [-0.2, 0) is 11.0 Å². The van der Waals surface area contributed by atoms with E-state index >= 15 is 0 Å². The molecule has 10 heteroatoms. The number of hydrogen-bond acceptors (Lipinski definition) is 4. The van der Waals surface area contributed by atoms with Crippen LogP contribution in [0.5, 0.6) is 0 Å². The molecule has 0 unspecified atom stereocenters. The Morgan fingerprint density at radius 1 is 0.917 bits per heavy atom. The van der Waals surface area contributed by atoms with Crippen molar-refractivity contribution < 1.29 is 41.0 Å². The molecule has 68 valence electrons. The van der Waals surface area contributed by atoms with E-state index in [1.807, 2.05) is 0 Å². The van der Waals surface area contributed by atoms with Crippen LogP contribution in [0.1, 0.15) is 0 Å². The summed E-state index contributed by atoms with van der Waals surface area (Å²) in [6.45, 7) is 0. The first-order chi connectivity index (χ1) is 3.46. The van der Waals surface area contributed by atoms with Crippen LogP contribution in [0, 0.1) is 0 Å². The Morgan fingerprint density at radius 3 is 0.917 bits per heavy atom. The molecule has 0 aliphatic rings. The van der Waals surface area contributed by atoms with Crippen molar-refractivity contribution in [1.82, 2.24) is 0 Å². The van der Waals surface area contributed by atoms with Gasteiger partial charge in [-0.3, -0.25) is 0 Å². The van der Waals surface area contributed by atoms with Gasteiger partial charge >= 0.3 is 58.6 Å². The molecule has 0 atom stereocenters. The minimum Gasteiger partial charge on any atom is -2.00 e. The Morgan fingerprint density at radius 2 is 0.917 bits per heavy atom. The third kappa shape index (κ3) is 17000. The molecule has 0 bridgehead atoms. The molecular formula is C2H2Bi2O8. The second kappa shape index (κ2) is 30.3. The van der Waals surface area contributed by atoms with E-state index in [1.165, 1.54) is 0 Å². The molecule has 0 heterocycles. The largest absolute Gasteiger partial charge is 3.00 e. The maximum atomic E-state index is 8.56. The van der Waals surface area contributed by atoms with Crippen LogP contribution < -0.4 is 10.2 Å². The average Bonchev–Trinajstić information content (AvgIpc) is 1.25. The van der Waals surface area contributed by atoms with E-state index in [-0.39, 0.29) is 63.4 Å². The van der Waals surface area contributed by atoms with Crippen LogP contribution in [0.15, 0.2) is 0 Å². The molecule has 0 aliphatic carbocycles. The minimum absolute atomic E-state index is 0. The van der Waals surface area contributed by atoms with E-state index in [9.17, 15) is 0 Å². The Bertz CT molecular complexity index is 73.1. The van der Waals surface area contributed by atoms with Crippen LogP contribution in [0.2, 0.25) is 0 Å². The zero-order chi connectivity index (χ0) is 7.15. The zero-order valence-corrected chi connectivity index (χ0v) is 12.2. The van der Waals surface area contributed by atoms with Gasteiger partial charge in [0, 0.05) is 0 Å². The van der Waals surface area contributed by atoms with Gasteiger partial charge in [-0.15, -0.1) is 0 Å². The second-order valence-corrected chi connectivity index (χ2v) is 0.533. The third-order valence-corrected chi connectivity index (χ3v) is 0. The van der Waals surface area contributed by atoms with E-state index in [4.69, 9.17) is 30.0 Å². The molecule has 4 radical (unpaired) electrons. The summed E-state index contributed by atoms with van der Waals surface area (Å²) in [6, 6.07) is 0. The minimum atomic E-state index is -2.33. The van der Waals surface area contributed by atoms with Gasteiger partial charge in [0.25, 0.3) is 0 Å². The fraction of sp³-hybridized carbons (Fsp3) is 0. The summed E-state index contributed by atoms with van der Waals surface area (Å²) in [5, 5.41) is 30.6. The molecule has 0 saturated heterocycles. The van der Waals surface area contributed by atoms with Crippen molar-refractivity contribution >= 4 is 64.7 Å². The van der Waals surface area contributed by atoms with Gasteiger partial charge < -0.3 is 36.2 Å². The molecule has 8 nitrogen and oxygen atoms in total. The maximum absolute atomic E-state index is 8.56. The van der Waals surface area contributed by atoms with Crippen LogP contribution in [-0.4, -0.2) is 74.9 Å². The van der Waals surface area contributed by atoms with E-state index in [2.05, 4.69) is 0 Å². The Kier molecular flexibility index (Phi) is 100. The van der Waals surface area contributed by atoms with Crippen molar-refractivity contribution in [1.29, 1.82) is 0 Å². The summed E-state index contributed by atoms with van der Waals surface area (Å²) in [4.78, 5) is 16.9. The topological polar surface area (TPSA) is 178 Å². The van der Waals surface area contributed by atoms with E-state index in [0.29, 0.717) is 0 Å². The fourth-order valence-corrected chi connectivity index (χ4v) is 0. The molecule has 0 aromatic rings. The zero-order valence-electron chi connectivity index (χ0n) is 5.24. The number of carbonyl (C=O) groups is 2.